The van der Waals surface area contributed by atoms with E-state index in [-0.39, 0.29) is 18.1 Å². The molecule has 0 aliphatic carbocycles. The average molecular weight is 508 g/mol. The van der Waals surface area contributed by atoms with Crippen molar-refractivity contribution in [3.8, 4) is 0 Å². The highest BCUT2D eigenvalue weighted by atomic mass is 16.6. The molecule has 4 aromatic carbocycles. The van der Waals surface area contributed by atoms with Crippen LogP contribution >= 0.6 is 0 Å². The zero-order valence-electron chi connectivity index (χ0n) is 22.1. The van der Waals surface area contributed by atoms with Crippen molar-refractivity contribution in [3.63, 3.8) is 0 Å². The molecule has 1 aliphatic rings. The zero-order valence-corrected chi connectivity index (χ0v) is 22.1. The van der Waals surface area contributed by atoms with Crippen LogP contribution in [0.25, 0.3) is 32.7 Å². The largest absolute Gasteiger partial charge is 0.456 e. The molecular formula is C33H33NO4. The fourth-order valence-electron chi connectivity index (χ4n) is 5.53. The molecule has 1 aliphatic heterocycles. The van der Waals surface area contributed by atoms with Gasteiger partial charge in [-0.05, 0) is 55.7 Å². The predicted molar refractivity (Wildman–Crippen MR) is 151 cm³/mol. The molecule has 5 aromatic rings. The highest BCUT2D eigenvalue weighted by Crippen LogP contribution is 2.39. The van der Waals surface area contributed by atoms with Gasteiger partial charge in [0.05, 0.1) is 19.3 Å². The number of para-hydroxylation sites is 2. The molecule has 5 heteroatoms. The van der Waals surface area contributed by atoms with Gasteiger partial charge in [0, 0.05) is 28.8 Å². The van der Waals surface area contributed by atoms with Crippen LogP contribution in [0.1, 0.15) is 44.2 Å². The number of carbonyl (C=O) groups excluding carboxylic acids is 1. The SMILES string of the molecule is CC(C)(C)OC(=O)N1CC[C@H](c2cccc3c2oc2ccccc23)[C@@H](OCc2ccc3ccccc3c2)C1. The zero-order chi connectivity index (χ0) is 26.3. The Morgan fingerprint density at radius 1 is 0.921 bits per heavy atom. The number of piperidine rings is 1. The summed E-state index contributed by atoms with van der Waals surface area (Å²) in [4.78, 5) is 14.8. The van der Waals surface area contributed by atoms with Gasteiger partial charge in [-0.15, -0.1) is 0 Å². The van der Waals surface area contributed by atoms with E-state index in [0.717, 1.165) is 39.5 Å². The second-order valence-electron chi connectivity index (χ2n) is 11.2. The highest BCUT2D eigenvalue weighted by Gasteiger charge is 2.36. The lowest BCUT2D eigenvalue weighted by Crippen LogP contribution is -2.48. The summed E-state index contributed by atoms with van der Waals surface area (Å²) in [6.07, 6.45) is 0.261. The summed E-state index contributed by atoms with van der Waals surface area (Å²) in [5.74, 6) is 0.0819. The number of ether oxygens (including phenoxy) is 2. The van der Waals surface area contributed by atoms with Gasteiger partial charge in [-0.1, -0.05) is 72.8 Å². The maximum absolute atomic E-state index is 13.0. The van der Waals surface area contributed by atoms with Crippen molar-refractivity contribution in [2.24, 2.45) is 0 Å². The van der Waals surface area contributed by atoms with Gasteiger partial charge in [-0.2, -0.15) is 0 Å². The third kappa shape index (κ3) is 4.86. The van der Waals surface area contributed by atoms with Gasteiger partial charge in [0.2, 0.25) is 0 Å². The van der Waals surface area contributed by atoms with E-state index < -0.39 is 5.60 Å². The lowest BCUT2D eigenvalue weighted by atomic mass is 9.86. The first kappa shape index (κ1) is 24.5. The minimum atomic E-state index is -0.546. The molecule has 6 rings (SSSR count). The van der Waals surface area contributed by atoms with Crippen molar-refractivity contribution in [1.82, 2.24) is 4.90 Å². The van der Waals surface area contributed by atoms with Gasteiger partial charge in [0.15, 0.2) is 0 Å². The summed E-state index contributed by atoms with van der Waals surface area (Å²) < 4.78 is 18.7. The Balaban J connectivity index is 1.32. The summed E-state index contributed by atoms with van der Waals surface area (Å²) in [6, 6.07) is 29.3. The predicted octanol–water partition coefficient (Wildman–Crippen LogP) is 8.05. The van der Waals surface area contributed by atoms with Gasteiger partial charge in [0.1, 0.15) is 16.8 Å². The number of fused-ring (bicyclic) bond motifs is 4. The minimum absolute atomic E-state index is 0.0819. The van der Waals surface area contributed by atoms with E-state index in [0.29, 0.717) is 19.7 Å². The first-order chi connectivity index (χ1) is 18.4. The number of amides is 1. The van der Waals surface area contributed by atoms with E-state index in [2.05, 4.69) is 66.7 Å². The molecule has 5 nitrogen and oxygen atoms in total. The minimum Gasteiger partial charge on any atom is -0.456 e. The van der Waals surface area contributed by atoms with Crippen LogP contribution in [0, 0.1) is 0 Å². The number of hydrogen-bond donors (Lipinski definition) is 0. The van der Waals surface area contributed by atoms with Crippen LogP contribution in [-0.4, -0.2) is 35.8 Å². The van der Waals surface area contributed by atoms with Crippen LogP contribution in [0.2, 0.25) is 0 Å². The lowest BCUT2D eigenvalue weighted by Gasteiger charge is -2.39. The maximum atomic E-state index is 13.0. The van der Waals surface area contributed by atoms with Gasteiger partial charge in [0.25, 0.3) is 0 Å². The van der Waals surface area contributed by atoms with E-state index in [1.807, 2.05) is 39.0 Å². The monoisotopic (exact) mass is 507 g/mol. The fraction of sp³-hybridized carbons (Fsp3) is 0.303. The second-order valence-corrected chi connectivity index (χ2v) is 11.2. The first-order valence-corrected chi connectivity index (χ1v) is 13.3. The Kier molecular flexibility index (Phi) is 6.32. The molecule has 194 valence electrons. The molecule has 1 aromatic heterocycles. The Morgan fingerprint density at radius 2 is 1.68 bits per heavy atom. The van der Waals surface area contributed by atoms with E-state index >= 15 is 0 Å². The molecule has 0 spiro atoms. The Hall–Kier alpha value is -3.83. The van der Waals surface area contributed by atoms with Crippen molar-refractivity contribution in [2.45, 2.75) is 51.4 Å². The van der Waals surface area contributed by atoms with E-state index in [1.165, 1.54) is 10.8 Å². The number of likely N-dealkylation sites (tertiary alicyclic amines) is 1. The molecule has 0 N–H and O–H groups in total. The van der Waals surface area contributed by atoms with Gasteiger partial charge in [-0.3, -0.25) is 0 Å². The third-order valence-corrected chi connectivity index (χ3v) is 7.32. The molecule has 38 heavy (non-hydrogen) atoms. The first-order valence-electron chi connectivity index (χ1n) is 13.3. The second kappa shape index (κ2) is 9.80. The summed E-state index contributed by atoms with van der Waals surface area (Å²) in [5, 5.41) is 4.63. The van der Waals surface area contributed by atoms with Crippen molar-refractivity contribution in [2.75, 3.05) is 13.1 Å². The van der Waals surface area contributed by atoms with Crippen LogP contribution < -0.4 is 0 Å². The lowest BCUT2D eigenvalue weighted by molar-refractivity contribution is -0.0358. The van der Waals surface area contributed by atoms with Crippen LogP contribution in [0.3, 0.4) is 0 Å². The Bertz CT molecular complexity index is 1610. The summed E-state index contributed by atoms with van der Waals surface area (Å²) >= 11 is 0. The van der Waals surface area contributed by atoms with Gasteiger partial charge >= 0.3 is 6.09 Å². The number of carbonyl (C=O) groups is 1. The van der Waals surface area contributed by atoms with Gasteiger partial charge < -0.3 is 18.8 Å². The van der Waals surface area contributed by atoms with E-state index in [4.69, 9.17) is 13.9 Å². The van der Waals surface area contributed by atoms with E-state index in [1.54, 1.807) is 4.90 Å². The number of furan rings is 1. The Morgan fingerprint density at radius 3 is 2.53 bits per heavy atom. The average Bonchev–Trinajstić information content (AvgIpc) is 3.30. The van der Waals surface area contributed by atoms with Crippen LogP contribution in [0.4, 0.5) is 4.79 Å². The summed E-state index contributed by atoms with van der Waals surface area (Å²) in [5.41, 5.74) is 3.48. The number of nitrogens with zero attached hydrogens (tertiary/aromatic N) is 1. The Labute approximate surface area is 222 Å². The molecule has 1 saturated heterocycles. The van der Waals surface area contributed by atoms with Crippen LogP contribution in [0.15, 0.2) is 89.3 Å². The van der Waals surface area contributed by atoms with Crippen molar-refractivity contribution < 1.29 is 18.7 Å². The maximum Gasteiger partial charge on any atom is 0.410 e. The molecule has 0 unspecified atom stereocenters. The van der Waals surface area contributed by atoms with Crippen molar-refractivity contribution in [1.29, 1.82) is 0 Å². The molecule has 2 atom stereocenters. The van der Waals surface area contributed by atoms with E-state index in [9.17, 15) is 4.79 Å². The standard InChI is InChI=1S/C33H33NO4/c1-33(2,3)38-32(35)34-18-17-26(28-13-8-12-27-25-11-6-7-14-29(25)37-31(27)28)30(20-34)36-21-22-15-16-23-9-4-5-10-24(23)19-22/h4-16,19,26,30H,17-18,20-21H2,1-3H3/t26-,30+/m1/s1. The quantitative estimate of drug-likeness (QED) is 0.247. The fourth-order valence-corrected chi connectivity index (χ4v) is 5.53. The molecule has 0 bridgehead atoms. The molecule has 1 fully saturated rings. The van der Waals surface area contributed by atoms with Crippen molar-refractivity contribution >= 4 is 38.8 Å². The van der Waals surface area contributed by atoms with Gasteiger partial charge in [-0.25, -0.2) is 4.79 Å². The van der Waals surface area contributed by atoms with Crippen LogP contribution in [0.5, 0.6) is 0 Å². The molecule has 0 saturated carbocycles. The number of hydrogen-bond acceptors (Lipinski definition) is 4. The topological polar surface area (TPSA) is 51.9 Å². The molecular weight excluding hydrogens is 474 g/mol. The summed E-state index contributed by atoms with van der Waals surface area (Å²) in [7, 11) is 0. The highest BCUT2D eigenvalue weighted by molar-refractivity contribution is 6.05. The molecule has 2 heterocycles. The summed E-state index contributed by atoms with van der Waals surface area (Å²) in [6.45, 7) is 7.22. The third-order valence-electron chi connectivity index (χ3n) is 7.32. The normalized spacial score (nSPS) is 18.3. The smallest absolute Gasteiger partial charge is 0.410 e. The van der Waals surface area contributed by atoms with Crippen molar-refractivity contribution in [3.05, 3.63) is 96.1 Å². The molecule has 0 radical (unpaired) electrons. The number of benzene rings is 4. The van der Waals surface area contributed by atoms with Crippen LogP contribution in [-0.2, 0) is 16.1 Å². The molecule has 1 amide bonds. The number of rotatable bonds is 4.